The Hall–Kier alpha value is -1.88. The second-order valence-electron chi connectivity index (χ2n) is 7.90. The van der Waals surface area contributed by atoms with Crippen LogP contribution in [0.2, 0.25) is 0 Å². The third-order valence-electron chi connectivity index (χ3n) is 4.58. The van der Waals surface area contributed by atoms with Crippen molar-refractivity contribution in [1.29, 1.82) is 0 Å². The van der Waals surface area contributed by atoms with Gasteiger partial charge < -0.3 is 9.64 Å². The number of aryl methyl sites for hydroxylation is 2. The Morgan fingerprint density at radius 1 is 1.19 bits per heavy atom. The molecule has 0 aliphatic carbocycles. The number of benzene rings is 1. The predicted octanol–water partition coefficient (Wildman–Crippen LogP) is 5.04. The molecule has 26 heavy (non-hydrogen) atoms. The zero-order valence-electron chi connectivity index (χ0n) is 15.9. The van der Waals surface area contributed by atoms with Crippen LogP contribution in [0.3, 0.4) is 0 Å². The van der Waals surface area contributed by atoms with Gasteiger partial charge in [0.15, 0.2) is 0 Å². The second-order valence-corrected chi connectivity index (χ2v) is 8.79. The predicted molar refractivity (Wildman–Crippen MR) is 106 cm³/mol. The van der Waals surface area contributed by atoms with Crippen LogP contribution < -0.4 is 0 Å². The maximum Gasteiger partial charge on any atom is 0.410 e. The van der Waals surface area contributed by atoms with Gasteiger partial charge in [-0.15, -0.1) is 11.3 Å². The lowest BCUT2D eigenvalue weighted by Crippen LogP contribution is -2.41. The molecule has 0 atom stereocenters. The van der Waals surface area contributed by atoms with Gasteiger partial charge in [-0.2, -0.15) is 0 Å². The van der Waals surface area contributed by atoms with Gasteiger partial charge in [-0.25, -0.2) is 9.78 Å². The van der Waals surface area contributed by atoms with Crippen molar-refractivity contribution in [3.63, 3.8) is 0 Å². The average Bonchev–Trinajstić information content (AvgIpc) is 3.08. The number of hydrogen-bond acceptors (Lipinski definition) is 4. The summed E-state index contributed by atoms with van der Waals surface area (Å²) in [5.41, 5.74) is 2.10. The van der Waals surface area contributed by atoms with Crippen LogP contribution >= 0.6 is 11.3 Å². The first-order valence-corrected chi connectivity index (χ1v) is 10.2. The van der Waals surface area contributed by atoms with Crippen molar-refractivity contribution in [1.82, 2.24) is 9.88 Å². The summed E-state index contributed by atoms with van der Waals surface area (Å²) in [6.45, 7) is 7.22. The molecule has 0 unspecified atom stereocenters. The van der Waals surface area contributed by atoms with E-state index < -0.39 is 5.60 Å². The number of carbonyl (C=O) groups is 1. The minimum atomic E-state index is -0.434. The highest BCUT2D eigenvalue weighted by atomic mass is 32.1. The van der Waals surface area contributed by atoms with Crippen LogP contribution in [0.15, 0.2) is 35.7 Å². The Kier molecular flexibility index (Phi) is 5.97. The first kappa shape index (κ1) is 18.9. The molecular formula is C21H28N2O2S. The molecule has 0 radical (unpaired) electrons. The molecule has 5 heteroatoms. The van der Waals surface area contributed by atoms with Crippen molar-refractivity contribution in [3.8, 4) is 0 Å². The van der Waals surface area contributed by atoms with Gasteiger partial charge in [0.05, 0.1) is 10.7 Å². The highest BCUT2D eigenvalue weighted by molar-refractivity contribution is 7.09. The summed E-state index contributed by atoms with van der Waals surface area (Å²) in [6, 6.07) is 10.5. The monoisotopic (exact) mass is 372 g/mol. The summed E-state index contributed by atoms with van der Waals surface area (Å²) in [5, 5.41) is 3.41. The van der Waals surface area contributed by atoms with Crippen LogP contribution in [0.25, 0.3) is 0 Å². The first-order valence-electron chi connectivity index (χ1n) is 9.37. The van der Waals surface area contributed by atoms with Crippen LogP contribution in [0.5, 0.6) is 0 Å². The second kappa shape index (κ2) is 8.21. The quantitative estimate of drug-likeness (QED) is 0.755. The molecule has 1 amide bonds. The molecule has 1 aliphatic rings. The molecule has 1 aliphatic heterocycles. The summed E-state index contributed by atoms with van der Waals surface area (Å²) >= 11 is 1.77. The molecule has 0 bridgehead atoms. The third-order valence-corrected chi connectivity index (χ3v) is 5.63. The maximum absolute atomic E-state index is 12.2. The van der Waals surface area contributed by atoms with E-state index in [0.29, 0.717) is 5.92 Å². The van der Waals surface area contributed by atoms with Crippen molar-refractivity contribution in [2.24, 2.45) is 0 Å². The number of nitrogens with zero attached hydrogens (tertiary/aromatic N) is 2. The molecule has 1 saturated heterocycles. The molecule has 3 rings (SSSR count). The minimum absolute atomic E-state index is 0.196. The van der Waals surface area contributed by atoms with E-state index in [-0.39, 0.29) is 6.09 Å². The minimum Gasteiger partial charge on any atom is -0.444 e. The fourth-order valence-electron chi connectivity index (χ4n) is 3.18. The number of piperidine rings is 1. The molecule has 1 aromatic carbocycles. The fraction of sp³-hybridized carbons (Fsp3) is 0.524. The van der Waals surface area contributed by atoms with Crippen molar-refractivity contribution < 1.29 is 9.53 Å². The van der Waals surface area contributed by atoms with Crippen LogP contribution in [-0.2, 0) is 17.6 Å². The lowest BCUT2D eigenvalue weighted by atomic mass is 9.98. The van der Waals surface area contributed by atoms with Crippen LogP contribution in [0, 0.1) is 0 Å². The molecule has 0 saturated carbocycles. The number of ether oxygens (including phenoxy) is 1. The van der Waals surface area contributed by atoms with E-state index in [0.717, 1.165) is 38.8 Å². The van der Waals surface area contributed by atoms with Crippen molar-refractivity contribution in [2.45, 2.75) is 58.0 Å². The Morgan fingerprint density at radius 2 is 1.88 bits per heavy atom. The van der Waals surface area contributed by atoms with Gasteiger partial charge in [0.1, 0.15) is 5.60 Å². The fourth-order valence-corrected chi connectivity index (χ4v) is 4.20. The van der Waals surface area contributed by atoms with Gasteiger partial charge in [-0.05, 0) is 52.0 Å². The number of rotatable bonds is 4. The maximum atomic E-state index is 12.2. The third kappa shape index (κ3) is 5.31. The lowest BCUT2D eigenvalue weighted by Gasteiger charge is -2.32. The molecule has 1 fully saturated rings. The standard InChI is InChI=1S/C21H28N2O2S/c1-21(2,3)25-20(24)23-13-11-17(12-14-23)19-22-18(15-26-19)10-9-16-7-5-4-6-8-16/h4-8,15,17H,9-14H2,1-3H3. The van der Waals surface area contributed by atoms with Crippen molar-refractivity contribution >= 4 is 17.4 Å². The number of thiazole rings is 1. The van der Waals surface area contributed by atoms with Gasteiger partial charge in [0.25, 0.3) is 0 Å². The number of amides is 1. The number of aromatic nitrogens is 1. The van der Waals surface area contributed by atoms with E-state index in [1.165, 1.54) is 16.3 Å². The molecule has 2 heterocycles. The highest BCUT2D eigenvalue weighted by Crippen LogP contribution is 2.31. The lowest BCUT2D eigenvalue weighted by molar-refractivity contribution is 0.0205. The summed E-state index contributed by atoms with van der Waals surface area (Å²) in [7, 11) is 0. The Balaban J connectivity index is 1.49. The number of likely N-dealkylation sites (tertiary alicyclic amines) is 1. The average molecular weight is 373 g/mol. The molecule has 0 N–H and O–H groups in total. The normalized spacial score (nSPS) is 15.9. The van der Waals surface area contributed by atoms with Crippen molar-refractivity contribution in [3.05, 3.63) is 52.0 Å². The van der Waals surface area contributed by atoms with E-state index in [1.54, 1.807) is 11.3 Å². The van der Waals surface area contributed by atoms with E-state index in [4.69, 9.17) is 9.72 Å². The zero-order chi connectivity index (χ0) is 18.6. The van der Waals surface area contributed by atoms with Crippen LogP contribution in [-0.4, -0.2) is 34.7 Å². The van der Waals surface area contributed by atoms with Gasteiger partial charge in [0.2, 0.25) is 0 Å². The van der Waals surface area contributed by atoms with Gasteiger partial charge in [0, 0.05) is 24.4 Å². The Labute approximate surface area is 160 Å². The molecule has 140 valence electrons. The Morgan fingerprint density at radius 3 is 2.54 bits per heavy atom. The van der Waals surface area contributed by atoms with Crippen LogP contribution in [0.1, 0.15) is 55.8 Å². The van der Waals surface area contributed by atoms with Gasteiger partial charge in [-0.1, -0.05) is 30.3 Å². The summed E-state index contributed by atoms with van der Waals surface area (Å²) in [6.07, 6.45) is 3.74. The SMILES string of the molecule is CC(C)(C)OC(=O)N1CCC(c2nc(CCc3ccccc3)cs2)CC1. The Bertz CT molecular complexity index is 713. The van der Waals surface area contributed by atoms with E-state index in [2.05, 4.69) is 29.6 Å². The highest BCUT2D eigenvalue weighted by Gasteiger charge is 2.28. The number of hydrogen-bond donors (Lipinski definition) is 0. The molecule has 1 aromatic heterocycles. The summed E-state index contributed by atoms with van der Waals surface area (Å²) < 4.78 is 5.47. The molecular weight excluding hydrogens is 344 g/mol. The molecule has 4 nitrogen and oxygen atoms in total. The van der Waals surface area contributed by atoms with E-state index in [1.807, 2.05) is 31.7 Å². The first-order chi connectivity index (χ1) is 12.4. The summed E-state index contributed by atoms with van der Waals surface area (Å²) in [4.78, 5) is 18.9. The smallest absolute Gasteiger partial charge is 0.410 e. The van der Waals surface area contributed by atoms with Gasteiger partial charge >= 0.3 is 6.09 Å². The van der Waals surface area contributed by atoms with E-state index in [9.17, 15) is 4.79 Å². The van der Waals surface area contributed by atoms with Gasteiger partial charge in [-0.3, -0.25) is 0 Å². The van der Waals surface area contributed by atoms with Crippen LogP contribution in [0.4, 0.5) is 4.79 Å². The zero-order valence-corrected chi connectivity index (χ0v) is 16.7. The topological polar surface area (TPSA) is 42.4 Å². The largest absolute Gasteiger partial charge is 0.444 e. The molecule has 2 aromatic rings. The number of carbonyl (C=O) groups excluding carboxylic acids is 1. The molecule has 0 spiro atoms. The van der Waals surface area contributed by atoms with Crippen molar-refractivity contribution in [2.75, 3.05) is 13.1 Å². The summed E-state index contributed by atoms with van der Waals surface area (Å²) in [5.74, 6) is 0.462. The van der Waals surface area contributed by atoms with E-state index >= 15 is 0 Å².